The lowest BCUT2D eigenvalue weighted by Gasteiger charge is -2.17. The maximum Gasteiger partial charge on any atom is 0.490 e. The van der Waals surface area contributed by atoms with Gasteiger partial charge in [-0.15, -0.1) is 0 Å². The molecule has 0 unspecified atom stereocenters. The molecule has 192 valence electrons. The first-order chi connectivity index (χ1) is 16.5. The minimum Gasteiger partial charge on any atom is -0.481 e. The number of aliphatic carboxylic acids is 2. The summed E-state index contributed by atoms with van der Waals surface area (Å²) in [4.78, 5) is 33.9. The van der Waals surface area contributed by atoms with E-state index in [0.717, 1.165) is 24.4 Å². The molecule has 0 fully saturated rings. The van der Waals surface area contributed by atoms with Crippen molar-refractivity contribution in [2.75, 3.05) is 25.1 Å². The normalized spacial score (nSPS) is 10.9. The third kappa shape index (κ3) is 14.3. The van der Waals surface area contributed by atoms with Crippen LogP contribution >= 0.6 is 21.6 Å². The predicted molar refractivity (Wildman–Crippen MR) is 131 cm³/mol. The molecule has 0 aromatic heterocycles. The van der Waals surface area contributed by atoms with Gasteiger partial charge in [0.05, 0.1) is 6.42 Å². The Kier molecular flexibility index (Phi) is 13.9. The molecule has 0 atom stereocenters. The number of amides is 1. The van der Waals surface area contributed by atoms with Crippen LogP contribution in [0.25, 0.3) is 0 Å². The first-order valence-electron chi connectivity index (χ1n) is 10.3. The van der Waals surface area contributed by atoms with E-state index in [0.29, 0.717) is 17.9 Å². The highest BCUT2D eigenvalue weighted by Gasteiger charge is 2.38. The maximum absolute atomic E-state index is 12.3. The van der Waals surface area contributed by atoms with Gasteiger partial charge in [-0.2, -0.15) is 13.2 Å². The number of carboxylic acid groups (broad SMARTS) is 2. The number of rotatable bonds is 12. The summed E-state index contributed by atoms with van der Waals surface area (Å²) in [5, 5.41) is 18.6. The average molecular weight is 533 g/mol. The topological polar surface area (TPSA) is 107 Å². The molecule has 7 nitrogen and oxygen atoms in total. The molecular weight excluding hydrogens is 505 g/mol. The molecule has 2 aromatic rings. The molecule has 1 amide bonds. The van der Waals surface area contributed by atoms with Gasteiger partial charge in [0.25, 0.3) is 5.91 Å². The summed E-state index contributed by atoms with van der Waals surface area (Å²) < 4.78 is 31.7. The molecule has 0 bridgehead atoms. The number of carboxylic acids is 2. The quantitative estimate of drug-likeness (QED) is 0.270. The Bertz CT molecular complexity index is 946. The van der Waals surface area contributed by atoms with Crippen LogP contribution in [0.3, 0.4) is 0 Å². The Morgan fingerprint density at radius 2 is 1.49 bits per heavy atom. The molecule has 0 aliphatic carbocycles. The fourth-order valence-electron chi connectivity index (χ4n) is 2.63. The summed E-state index contributed by atoms with van der Waals surface area (Å²) in [7, 11) is 5.16. The summed E-state index contributed by atoms with van der Waals surface area (Å²) in [6.45, 7) is 2.18. The van der Waals surface area contributed by atoms with Gasteiger partial charge in [-0.05, 0) is 30.3 Å². The second kappa shape index (κ2) is 16.1. The Hall–Kier alpha value is -2.70. The second-order valence-corrected chi connectivity index (χ2v) is 9.91. The van der Waals surface area contributed by atoms with Crippen molar-refractivity contribution >= 4 is 39.4 Å². The van der Waals surface area contributed by atoms with Crippen molar-refractivity contribution in [1.29, 1.82) is 0 Å². The molecule has 3 N–H and O–H groups in total. The van der Waals surface area contributed by atoms with E-state index >= 15 is 0 Å². The van der Waals surface area contributed by atoms with Gasteiger partial charge >= 0.3 is 18.1 Å². The molecule has 0 saturated carbocycles. The smallest absolute Gasteiger partial charge is 0.481 e. The highest BCUT2D eigenvalue weighted by Crippen LogP contribution is 2.21. The maximum atomic E-state index is 12.3. The summed E-state index contributed by atoms with van der Waals surface area (Å²) >= 11 is 0. The third-order valence-electron chi connectivity index (χ3n) is 4.13. The van der Waals surface area contributed by atoms with Crippen LogP contribution in [0.15, 0.2) is 54.6 Å². The summed E-state index contributed by atoms with van der Waals surface area (Å²) in [5.41, 5.74) is 3.02. The number of nitrogens with zero attached hydrogens (tertiary/aromatic N) is 1. The van der Waals surface area contributed by atoms with Gasteiger partial charge in [0.15, 0.2) is 0 Å². The zero-order valence-electron chi connectivity index (χ0n) is 19.0. The zero-order chi connectivity index (χ0) is 26.3. The first-order valence-corrected chi connectivity index (χ1v) is 12.8. The zero-order valence-corrected chi connectivity index (χ0v) is 20.6. The minimum atomic E-state index is -5.08. The van der Waals surface area contributed by atoms with Crippen molar-refractivity contribution in [1.82, 2.24) is 10.2 Å². The molecular formula is C23H27F3N2O5S2. The Morgan fingerprint density at radius 1 is 0.914 bits per heavy atom. The summed E-state index contributed by atoms with van der Waals surface area (Å²) in [5.74, 6) is -2.30. The van der Waals surface area contributed by atoms with Gasteiger partial charge in [0, 0.05) is 36.7 Å². The van der Waals surface area contributed by atoms with Crippen molar-refractivity contribution in [2.24, 2.45) is 0 Å². The fraction of sp³-hybridized carbons (Fsp3) is 0.348. The van der Waals surface area contributed by atoms with Crippen LogP contribution in [0.2, 0.25) is 0 Å². The third-order valence-corrected chi connectivity index (χ3v) is 6.54. The molecule has 2 rings (SSSR count). The van der Waals surface area contributed by atoms with E-state index in [9.17, 15) is 22.8 Å². The van der Waals surface area contributed by atoms with Gasteiger partial charge in [-0.25, -0.2) is 4.79 Å². The van der Waals surface area contributed by atoms with E-state index in [1.54, 1.807) is 10.8 Å². The van der Waals surface area contributed by atoms with E-state index in [1.807, 2.05) is 42.5 Å². The van der Waals surface area contributed by atoms with E-state index in [4.69, 9.17) is 15.0 Å². The number of carbonyl (C=O) groups excluding carboxylic acids is 1. The molecule has 0 heterocycles. The van der Waals surface area contributed by atoms with Gasteiger partial charge in [-0.3, -0.25) is 14.5 Å². The lowest BCUT2D eigenvalue weighted by molar-refractivity contribution is -0.192. The van der Waals surface area contributed by atoms with Crippen LogP contribution in [-0.4, -0.2) is 64.2 Å². The Morgan fingerprint density at radius 3 is 2.09 bits per heavy atom. The lowest BCUT2D eigenvalue weighted by Crippen LogP contribution is -2.26. The van der Waals surface area contributed by atoms with Crippen LogP contribution in [0, 0.1) is 0 Å². The van der Waals surface area contributed by atoms with Crippen LogP contribution in [-0.2, 0) is 22.7 Å². The number of carbonyl (C=O) groups is 3. The van der Waals surface area contributed by atoms with Crippen molar-refractivity contribution in [3.63, 3.8) is 0 Å². The molecule has 0 spiro atoms. The van der Waals surface area contributed by atoms with Gasteiger partial charge in [0.2, 0.25) is 0 Å². The average Bonchev–Trinajstić information content (AvgIpc) is 2.78. The van der Waals surface area contributed by atoms with Crippen LogP contribution < -0.4 is 5.32 Å². The molecule has 0 radical (unpaired) electrons. The van der Waals surface area contributed by atoms with Crippen LogP contribution in [0.1, 0.15) is 27.9 Å². The van der Waals surface area contributed by atoms with Crippen molar-refractivity contribution in [3.05, 3.63) is 71.3 Å². The molecule has 0 aliphatic rings. The predicted octanol–water partition coefficient (Wildman–Crippen LogP) is 4.54. The number of hydrogen-bond acceptors (Lipinski definition) is 6. The Labute approximate surface area is 209 Å². The molecule has 12 heteroatoms. The fourth-order valence-corrected chi connectivity index (χ4v) is 4.51. The number of hydrogen-bond donors (Lipinski definition) is 3. The highest BCUT2D eigenvalue weighted by molar-refractivity contribution is 8.76. The van der Waals surface area contributed by atoms with Crippen LogP contribution in [0.4, 0.5) is 13.2 Å². The number of benzene rings is 2. The number of alkyl halides is 3. The summed E-state index contributed by atoms with van der Waals surface area (Å²) in [6.07, 6.45) is -4.92. The highest BCUT2D eigenvalue weighted by atomic mass is 33.1. The van der Waals surface area contributed by atoms with E-state index in [-0.39, 0.29) is 12.3 Å². The standard InChI is InChI=1S/C21H26N2O3S2.C2HF3O2/c1-23(15-17-6-3-2-4-7-17)16-18-8-5-9-19(14-18)21(26)22-11-13-28-27-12-10-20(24)25;3-2(4,5)1(6)7/h2-9,14H,10-13,15-16H2,1H3,(H,22,26)(H,24,25);(H,6,7). The van der Waals surface area contributed by atoms with Crippen molar-refractivity contribution in [2.45, 2.75) is 25.7 Å². The number of nitrogens with one attached hydrogen (secondary N) is 1. The van der Waals surface area contributed by atoms with Crippen molar-refractivity contribution < 1.29 is 37.8 Å². The first kappa shape index (κ1) is 30.3. The van der Waals surface area contributed by atoms with Gasteiger partial charge in [-0.1, -0.05) is 64.1 Å². The monoisotopic (exact) mass is 532 g/mol. The molecule has 35 heavy (non-hydrogen) atoms. The number of halogens is 3. The summed E-state index contributed by atoms with van der Waals surface area (Å²) in [6, 6.07) is 18.0. The van der Waals surface area contributed by atoms with Crippen molar-refractivity contribution in [3.8, 4) is 0 Å². The van der Waals surface area contributed by atoms with E-state index < -0.39 is 18.1 Å². The minimum absolute atomic E-state index is 0.0799. The SMILES string of the molecule is CN(Cc1ccccc1)Cc1cccc(C(=O)NCCSSCCC(=O)O)c1.O=C(O)C(F)(F)F. The second-order valence-electron chi connectivity index (χ2n) is 7.20. The molecule has 2 aromatic carbocycles. The van der Waals surface area contributed by atoms with E-state index in [1.165, 1.54) is 16.4 Å². The van der Waals surface area contributed by atoms with Gasteiger partial charge in [0.1, 0.15) is 0 Å². The molecule has 0 saturated heterocycles. The lowest BCUT2D eigenvalue weighted by atomic mass is 10.1. The Balaban J connectivity index is 0.000000762. The van der Waals surface area contributed by atoms with E-state index in [2.05, 4.69) is 29.4 Å². The van der Waals surface area contributed by atoms with Gasteiger partial charge < -0.3 is 15.5 Å². The largest absolute Gasteiger partial charge is 0.490 e. The molecule has 0 aliphatic heterocycles. The van der Waals surface area contributed by atoms with Crippen LogP contribution in [0.5, 0.6) is 0 Å².